The largest absolute Gasteiger partial charge is 0.396 e. The number of aliphatic hydroxyl groups is 1. The van der Waals surface area contributed by atoms with Crippen LogP contribution in [-0.2, 0) is 0 Å². The lowest BCUT2D eigenvalue weighted by Crippen LogP contribution is -2.33. The quantitative estimate of drug-likeness (QED) is 0.846. The Bertz CT molecular complexity index is 777. The van der Waals surface area contributed by atoms with Crippen LogP contribution in [0.2, 0.25) is 0 Å². The molecule has 0 unspecified atom stereocenters. The number of hydrogen-bond acceptors (Lipinski definition) is 2. The molecule has 4 nitrogen and oxygen atoms in total. The number of benzene rings is 2. The van der Waals surface area contributed by atoms with Gasteiger partial charge in [-0.1, -0.05) is 42.2 Å². The molecule has 0 saturated carbocycles. The number of carbonyl (C=O) groups excluding carboxylic acids is 1. The minimum Gasteiger partial charge on any atom is -0.396 e. The molecule has 0 bridgehead atoms. The van der Waals surface area contributed by atoms with Crippen LogP contribution in [0.5, 0.6) is 0 Å². The molecule has 1 saturated heterocycles. The monoisotopic (exact) mass is 334 g/mol. The van der Waals surface area contributed by atoms with Gasteiger partial charge in [-0.3, -0.25) is 0 Å². The Morgan fingerprint density at radius 1 is 1.12 bits per heavy atom. The van der Waals surface area contributed by atoms with E-state index in [-0.39, 0.29) is 12.6 Å². The summed E-state index contributed by atoms with van der Waals surface area (Å²) in [5.41, 5.74) is 2.46. The Kier molecular flexibility index (Phi) is 5.71. The van der Waals surface area contributed by atoms with Gasteiger partial charge in [-0.05, 0) is 43.0 Å². The molecule has 0 spiro atoms. The van der Waals surface area contributed by atoms with Crippen LogP contribution in [-0.4, -0.2) is 35.7 Å². The van der Waals surface area contributed by atoms with E-state index in [0.29, 0.717) is 12.5 Å². The van der Waals surface area contributed by atoms with Gasteiger partial charge in [-0.15, -0.1) is 0 Å². The molecule has 1 aliphatic rings. The van der Waals surface area contributed by atoms with Crippen LogP contribution in [0.4, 0.5) is 10.5 Å². The fraction of sp³-hybridized carbons (Fsp3) is 0.286. The molecule has 2 N–H and O–H groups in total. The second kappa shape index (κ2) is 8.36. The normalized spacial score (nSPS) is 16.2. The average Bonchev–Trinajstić information content (AvgIpc) is 3.11. The second-order valence-electron chi connectivity index (χ2n) is 6.20. The van der Waals surface area contributed by atoms with Gasteiger partial charge >= 0.3 is 6.03 Å². The molecule has 0 aliphatic carbocycles. The maximum atomic E-state index is 12.5. The minimum atomic E-state index is -0.102. The lowest BCUT2D eigenvalue weighted by atomic mass is 10.1. The van der Waals surface area contributed by atoms with Crippen LogP contribution < -0.4 is 5.32 Å². The fourth-order valence-electron chi connectivity index (χ4n) is 2.99. The molecule has 128 valence electrons. The summed E-state index contributed by atoms with van der Waals surface area (Å²) in [4.78, 5) is 14.3. The van der Waals surface area contributed by atoms with Gasteiger partial charge in [-0.2, -0.15) is 0 Å². The van der Waals surface area contributed by atoms with Gasteiger partial charge in [0.2, 0.25) is 0 Å². The van der Waals surface area contributed by atoms with E-state index in [1.807, 2.05) is 59.5 Å². The standard InChI is InChI=1S/C21H22N2O2/c24-15-13-18-12-14-23(16-18)21(25)22-20-9-5-4-8-19(20)11-10-17-6-2-1-3-7-17/h1-9,18,24H,12-16H2,(H,22,25)/t18-/m1/s1. The maximum Gasteiger partial charge on any atom is 0.321 e. The van der Waals surface area contributed by atoms with Crippen molar-refractivity contribution in [1.29, 1.82) is 0 Å². The van der Waals surface area contributed by atoms with E-state index in [9.17, 15) is 4.79 Å². The number of amides is 2. The van der Waals surface area contributed by atoms with E-state index in [1.54, 1.807) is 0 Å². The van der Waals surface area contributed by atoms with E-state index < -0.39 is 0 Å². The average molecular weight is 334 g/mol. The Morgan fingerprint density at radius 3 is 2.68 bits per heavy atom. The Morgan fingerprint density at radius 2 is 1.88 bits per heavy atom. The Balaban J connectivity index is 1.69. The summed E-state index contributed by atoms with van der Waals surface area (Å²) >= 11 is 0. The number of urea groups is 1. The van der Waals surface area contributed by atoms with Crippen molar-refractivity contribution in [2.75, 3.05) is 25.0 Å². The van der Waals surface area contributed by atoms with Crippen LogP contribution >= 0.6 is 0 Å². The van der Waals surface area contributed by atoms with Crippen LogP contribution in [0.1, 0.15) is 24.0 Å². The molecule has 2 aromatic carbocycles. The van der Waals surface area contributed by atoms with Crippen molar-refractivity contribution in [3.05, 3.63) is 65.7 Å². The lowest BCUT2D eigenvalue weighted by molar-refractivity contribution is 0.217. The van der Waals surface area contributed by atoms with Gasteiger partial charge < -0.3 is 15.3 Å². The molecule has 3 rings (SSSR count). The molecule has 2 amide bonds. The second-order valence-corrected chi connectivity index (χ2v) is 6.20. The third-order valence-corrected chi connectivity index (χ3v) is 4.39. The fourth-order valence-corrected chi connectivity index (χ4v) is 2.99. The number of rotatable bonds is 3. The van der Waals surface area contributed by atoms with Gasteiger partial charge in [0.15, 0.2) is 0 Å². The van der Waals surface area contributed by atoms with E-state index in [0.717, 1.165) is 36.2 Å². The van der Waals surface area contributed by atoms with Gasteiger partial charge in [0, 0.05) is 30.8 Å². The molecule has 1 aliphatic heterocycles. The van der Waals surface area contributed by atoms with Crippen molar-refractivity contribution >= 4 is 11.7 Å². The molecule has 1 fully saturated rings. The van der Waals surface area contributed by atoms with E-state index >= 15 is 0 Å². The minimum absolute atomic E-state index is 0.102. The highest BCUT2D eigenvalue weighted by Gasteiger charge is 2.25. The number of hydrogen-bond donors (Lipinski definition) is 2. The van der Waals surface area contributed by atoms with Gasteiger partial charge in [0.25, 0.3) is 0 Å². The number of anilines is 1. The molecule has 0 aromatic heterocycles. The van der Waals surface area contributed by atoms with Crippen molar-refractivity contribution in [2.24, 2.45) is 5.92 Å². The zero-order chi connectivity index (χ0) is 17.5. The highest BCUT2D eigenvalue weighted by molar-refractivity contribution is 5.91. The Hall–Kier alpha value is -2.77. The van der Waals surface area contributed by atoms with Gasteiger partial charge in [0.1, 0.15) is 0 Å². The van der Waals surface area contributed by atoms with Crippen molar-refractivity contribution in [2.45, 2.75) is 12.8 Å². The van der Waals surface area contributed by atoms with Crippen LogP contribution in [0.3, 0.4) is 0 Å². The number of nitrogens with zero attached hydrogens (tertiary/aromatic N) is 1. The topological polar surface area (TPSA) is 52.6 Å². The molecule has 0 radical (unpaired) electrons. The predicted octanol–water partition coefficient (Wildman–Crippen LogP) is 3.32. The van der Waals surface area contributed by atoms with Crippen LogP contribution in [0, 0.1) is 17.8 Å². The van der Waals surface area contributed by atoms with Crippen molar-refractivity contribution in [3.8, 4) is 11.8 Å². The number of carbonyl (C=O) groups is 1. The molecule has 2 aromatic rings. The highest BCUT2D eigenvalue weighted by Crippen LogP contribution is 2.21. The first-order valence-corrected chi connectivity index (χ1v) is 8.59. The first kappa shape index (κ1) is 17.1. The maximum absolute atomic E-state index is 12.5. The summed E-state index contributed by atoms with van der Waals surface area (Å²) < 4.78 is 0. The first-order valence-electron chi connectivity index (χ1n) is 8.59. The van der Waals surface area contributed by atoms with Gasteiger partial charge in [-0.25, -0.2) is 4.79 Å². The number of nitrogens with one attached hydrogen (secondary N) is 1. The number of para-hydroxylation sites is 1. The third-order valence-electron chi connectivity index (χ3n) is 4.39. The van der Waals surface area contributed by atoms with Crippen molar-refractivity contribution < 1.29 is 9.90 Å². The SMILES string of the molecule is O=C(Nc1ccccc1C#Cc1ccccc1)N1CC[C@H](CCO)C1. The zero-order valence-electron chi connectivity index (χ0n) is 14.1. The molecular formula is C21H22N2O2. The van der Waals surface area contributed by atoms with E-state index in [4.69, 9.17) is 5.11 Å². The zero-order valence-corrected chi connectivity index (χ0v) is 14.1. The van der Waals surface area contributed by atoms with Crippen LogP contribution in [0.15, 0.2) is 54.6 Å². The summed E-state index contributed by atoms with van der Waals surface area (Å²) in [6, 6.07) is 17.3. The summed E-state index contributed by atoms with van der Waals surface area (Å²) in [5.74, 6) is 6.66. The predicted molar refractivity (Wildman–Crippen MR) is 99.3 cm³/mol. The van der Waals surface area contributed by atoms with E-state index in [1.165, 1.54) is 0 Å². The molecule has 1 heterocycles. The number of likely N-dealkylation sites (tertiary alicyclic amines) is 1. The molecule has 4 heteroatoms. The molecular weight excluding hydrogens is 312 g/mol. The summed E-state index contributed by atoms with van der Waals surface area (Å²) in [5, 5.41) is 12.0. The van der Waals surface area contributed by atoms with Crippen molar-refractivity contribution in [3.63, 3.8) is 0 Å². The first-order chi connectivity index (χ1) is 12.3. The molecule has 1 atom stereocenters. The lowest BCUT2D eigenvalue weighted by Gasteiger charge is -2.18. The van der Waals surface area contributed by atoms with E-state index in [2.05, 4.69) is 17.2 Å². The summed E-state index contributed by atoms with van der Waals surface area (Å²) in [6.07, 6.45) is 1.70. The Labute approximate surface area is 148 Å². The number of aliphatic hydroxyl groups excluding tert-OH is 1. The molecule has 25 heavy (non-hydrogen) atoms. The summed E-state index contributed by atoms with van der Waals surface area (Å²) in [6.45, 7) is 1.61. The third kappa shape index (κ3) is 4.62. The smallest absolute Gasteiger partial charge is 0.321 e. The van der Waals surface area contributed by atoms with Crippen LogP contribution in [0.25, 0.3) is 0 Å². The van der Waals surface area contributed by atoms with Crippen molar-refractivity contribution in [1.82, 2.24) is 4.90 Å². The highest BCUT2D eigenvalue weighted by atomic mass is 16.3. The van der Waals surface area contributed by atoms with Gasteiger partial charge in [0.05, 0.1) is 5.69 Å². The summed E-state index contributed by atoms with van der Waals surface area (Å²) in [7, 11) is 0.